The average molecular weight is 406 g/mol. The Hall–Kier alpha value is -2.31. The second-order valence-corrected chi connectivity index (χ2v) is 11.3. The largest absolute Gasteiger partial charge is 0.497 e. The van der Waals surface area contributed by atoms with Crippen LogP contribution in [0.2, 0.25) is 0 Å². The predicted octanol–water partition coefficient (Wildman–Crippen LogP) is 6.66. The van der Waals surface area contributed by atoms with Crippen LogP contribution in [0.1, 0.15) is 33.4 Å². The molecule has 0 saturated carbocycles. The monoisotopic (exact) mass is 405 g/mol. The summed E-state index contributed by atoms with van der Waals surface area (Å²) in [5.41, 5.74) is 8.92. The molecular weight excluding hydrogens is 373 g/mol. The highest BCUT2D eigenvalue weighted by Crippen LogP contribution is 2.50. The molecule has 0 aliphatic heterocycles. The van der Waals surface area contributed by atoms with E-state index in [2.05, 4.69) is 84.6 Å². The molecule has 0 spiro atoms. The Labute approximate surface area is 176 Å². The van der Waals surface area contributed by atoms with E-state index in [1.807, 2.05) is 12.1 Å². The van der Waals surface area contributed by atoms with E-state index in [0.717, 1.165) is 11.4 Å². The molecule has 3 rings (SSSR count). The van der Waals surface area contributed by atoms with Crippen molar-refractivity contribution >= 4 is 23.4 Å². The van der Waals surface area contributed by atoms with Crippen LogP contribution >= 0.6 is 7.05 Å². The predicted molar refractivity (Wildman–Crippen MR) is 129 cm³/mol. The quantitative estimate of drug-likeness (QED) is 0.445. The standard InChI is InChI=1S/C26H32NOP/c1-17-13-19(3)25(20(4)14-17)29(8,26-21(5)15-18(2)16-22(26)6)27-23-9-11-24(28-7)12-10-23/h9-16H,1-8H3. The van der Waals surface area contributed by atoms with Crippen LogP contribution in [0.3, 0.4) is 0 Å². The minimum Gasteiger partial charge on any atom is -0.497 e. The van der Waals surface area contributed by atoms with Crippen molar-refractivity contribution in [2.45, 2.75) is 41.5 Å². The first-order valence-corrected chi connectivity index (χ1v) is 12.3. The van der Waals surface area contributed by atoms with Gasteiger partial charge in [-0.2, -0.15) is 0 Å². The smallest absolute Gasteiger partial charge is 0.119 e. The van der Waals surface area contributed by atoms with Gasteiger partial charge in [-0.25, -0.2) is 0 Å². The van der Waals surface area contributed by atoms with E-state index in [1.54, 1.807) is 7.11 Å². The molecule has 0 fully saturated rings. The summed E-state index contributed by atoms with van der Waals surface area (Å²) in [6, 6.07) is 17.3. The highest BCUT2D eigenvalue weighted by atomic mass is 31.2. The third kappa shape index (κ3) is 4.19. The zero-order valence-corrected chi connectivity index (χ0v) is 19.8. The Kier molecular flexibility index (Phi) is 6.05. The second-order valence-electron chi connectivity index (χ2n) is 8.25. The summed E-state index contributed by atoms with van der Waals surface area (Å²) in [5, 5.41) is 2.79. The molecule has 29 heavy (non-hydrogen) atoms. The van der Waals surface area contributed by atoms with E-state index in [0.29, 0.717) is 0 Å². The van der Waals surface area contributed by atoms with E-state index in [4.69, 9.17) is 9.48 Å². The first kappa shape index (κ1) is 21.4. The minimum atomic E-state index is -2.03. The fraction of sp³-hybridized carbons (Fsp3) is 0.308. The maximum atomic E-state index is 5.46. The van der Waals surface area contributed by atoms with Crippen molar-refractivity contribution in [3.63, 3.8) is 0 Å². The van der Waals surface area contributed by atoms with Crippen LogP contribution in [0.15, 0.2) is 53.3 Å². The van der Waals surface area contributed by atoms with Crippen molar-refractivity contribution in [3.8, 4) is 5.75 Å². The number of benzene rings is 3. The Morgan fingerprint density at radius 1 is 0.655 bits per heavy atom. The van der Waals surface area contributed by atoms with Gasteiger partial charge >= 0.3 is 0 Å². The summed E-state index contributed by atoms with van der Waals surface area (Å²) in [7, 11) is -0.330. The van der Waals surface area contributed by atoms with E-state index in [9.17, 15) is 0 Å². The van der Waals surface area contributed by atoms with Gasteiger partial charge in [-0.05, 0) is 94.7 Å². The molecule has 0 bridgehead atoms. The third-order valence-electron chi connectivity index (χ3n) is 5.53. The van der Waals surface area contributed by atoms with Gasteiger partial charge < -0.3 is 4.74 Å². The van der Waals surface area contributed by atoms with Crippen molar-refractivity contribution in [2.24, 2.45) is 4.74 Å². The van der Waals surface area contributed by atoms with E-state index in [1.165, 1.54) is 44.0 Å². The van der Waals surface area contributed by atoms with E-state index < -0.39 is 7.05 Å². The van der Waals surface area contributed by atoms with Crippen LogP contribution in [0.4, 0.5) is 5.69 Å². The van der Waals surface area contributed by atoms with Crippen LogP contribution in [-0.4, -0.2) is 13.8 Å². The van der Waals surface area contributed by atoms with E-state index >= 15 is 0 Å². The molecule has 152 valence electrons. The fourth-order valence-corrected chi connectivity index (χ4v) is 8.83. The van der Waals surface area contributed by atoms with Crippen LogP contribution in [0.5, 0.6) is 5.75 Å². The molecule has 0 radical (unpaired) electrons. The molecule has 2 nitrogen and oxygen atoms in total. The molecular formula is C26H32NOP. The van der Waals surface area contributed by atoms with Gasteiger partial charge in [-0.3, -0.25) is 4.74 Å². The van der Waals surface area contributed by atoms with Crippen LogP contribution in [-0.2, 0) is 0 Å². The Balaban J connectivity index is 2.41. The maximum absolute atomic E-state index is 5.46. The Morgan fingerprint density at radius 2 is 1.03 bits per heavy atom. The highest BCUT2D eigenvalue weighted by Gasteiger charge is 2.27. The van der Waals surface area contributed by atoms with Crippen molar-refractivity contribution in [1.29, 1.82) is 0 Å². The molecule has 0 heterocycles. The second kappa shape index (κ2) is 8.20. The number of aryl methyl sites for hydroxylation is 6. The summed E-state index contributed by atoms with van der Waals surface area (Å²) in [6.07, 6.45) is 0. The number of ether oxygens (including phenoxy) is 1. The van der Waals surface area contributed by atoms with Gasteiger partial charge in [0.2, 0.25) is 0 Å². The van der Waals surface area contributed by atoms with Gasteiger partial charge in [0.15, 0.2) is 0 Å². The number of hydrogen-bond donors (Lipinski definition) is 0. The summed E-state index contributed by atoms with van der Waals surface area (Å²) in [6.45, 7) is 15.6. The fourth-order valence-electron chi connectivity index (χ4n) is 4.81. The van der Waals surface area contributed by atoms with Gasteiger partial charge in [0.05, 0.1) is 12.8 Å². The minimum absolute atomic E-state index is 0.856. The van der Waals surface area contributed by atoms with Gasteiger partial charge in [-0.1, -0.05) is 35.4 Å². The van der Waals surface area contributed by atoms with Gasteiger partial charge in [-0.15, -0.1) is 0 Å². The number of nitrogens with zero attached hydrogens (tertiary/aromatic N) is 1. The molecule has 0 aliphatic rings. The third-order valence-corrected chi connectivity index (χ3v) is 9.31. The lowest BCUT2D eigenvalue weighted by molar-refractivity contribution is 0.415. The zero-order valence-electron chi connectivity index (χ0n) is 18.9. The topological polar surface area (TPSA) is 21.6 Å². The molecule has 0 N–H and O–H groups in total. The lowest BCUT2D eigenvalue weighted by atomic mass is 10.1. The maximum Gasteiger partial charge on any atom is 0.119 e. The SMILES string of the molecule is COc1ccc(N=P(C)(c2c(C)cc(C)cc2C)c2c(C)cc(C)cc2C)cc1. The summed E-state index contributed by atoms with van der Waals surface area (Å²) >= 11 is 0. The van der Waals surface area contributed by atoms with Gasteiger partial charge in [0, 0.05) is 17.7 Å². The Morgan fingerprint density at radius 3 is 1.38 bits per heavy atom. The number of rotatable bonds is 4. The summed E-state index contributed by atoms with van der Waals surface area (Å²) < 4.78 is 10.8. The molecule has 0 atom stereocenters. The number of methoxy groups -OCH3 is 1. The van der Waals surface area contributed by atoms with Crippen molar-refractivity contribution < 1.29 is 4.74 Å². The van der Waals surface area contributed by atoms with E-state index in [-0.39, 0.29) is 0 Å². The molecule has 0 aliphatic carbocycles. The number of hydrogen-bond acceptors (Lipinski definition) is 2. The summed E-state index contributed by atoms with van der Waals surface area (Å²) in [4.78, 5) is 0. The molecule has 0 amide bonds. The van der Waals surface area contributed by atoms with Crippen molar-refractivity contribution in [2.75, 3.05) is 13.8 Å². The zero-order chi connectivity index (χ0) is 21.3. The normalized spacial score (nSPS) is 11.4. The van der Waals surface area contributed by atoms with Crippen molar-refractivity contribution in [3.05, 3.63) is 81.9 Å². The molecule has 0 aromatic heterocycles. The highest BCUT2D eigenvalue weighted by molar-refractivity contribution is 7.80. The summed E-state index contributed by atoms with van der Waals surface area (Å²) in [5.74, 6) is 0.856. The van der Waals surface area contributed by atoms with Gasteiger partial charge in [0.25, 0.3) is 0 Å². The van der Waals surface area contributed by atoms with Crippen LogP contribution in [0, 0.1) is 41.5 Å². The lowest BCUT2D eigenvalue weighted by Crippen LogP contribution is -2.24. The van der Waals surface area contributed by atoms with Gasteiger partial charge in [0.1, 0.15) is 5.75 Å². The first-order valence-electron chi connectivity index (χ1n) is 10.1. The van der Waals surface area contributed by atoms with Crippen LogP contribution < -0.4 is 15.3 Å². The van der Waals surface area contributed by atoms with Crippen molar-refractivity contribution in [1.82, 2.24) is 0 Å². The first-order chi connectivity index (χ1) is 13.7. The van der Waals surface area contributed by atoms with Crippen LogP contribution in [0.25, 0.3) is 0 Å². The lowest BCUT2D eigenvalue weighted by Gasteiger charge is -2.29. The molecule has 3 aromatic rings. The Bertz CT molecular complexity index is 1000. The molecule has 0 saturated heterocycles. The molecule has 3 aromatic carbocycles. The molecule has 0 unspecified atom stereocenters. The average Bonchev–Trinajstić information content (AvgIpc) is 2.60. The molecule has 3 heteroatoms.